The van der Waals surface area contributed by atoms with E-state index in [4.69, 9.17) is 9.52 Å². The van der Waals surface area contributed by atoms with Gasteiger partial charge in [0.15, 0.2) is 0 Å². The van der Waals surface area contributed by atoms with Crippen molar-refractivity contribution in [1.82, 2.24) is 4.31 Å². The molecule has 1 atom stereocenters. The van der Waals surface area contributed by atoms with Crippen LogP contribution >= 0.6 is 0 Å². The molecule has 0 aromatic carbocycles. The van der Waals surface area contributed by atoms with Gasteiger partial charge in [0, 0.05) is 12.6 Å². The van der Waals surface area contributed by atoms with Gasteiger partial charge in [-0.2, -0.15) is 4.31 Å². The monoisotopic (exact) mass is 287 g/mol. The van der Waals surface area contributed by atoms with Gasteiger partial charge in [-0.15, -0.1) is 0 Å². The van der Waals surface area contributed by atoms with Crippen molar-refractivity contribution in [1.29, 1.82) is 0 Å². The molecule has 0 bridgehead atoms. The minimum atomic E-state index is -3.73. The summed E-state index contributed by atoms with van der Waals surface area (Å²) in [6, 6.07) is 2.34. The fraction of sp³-hybridized carbons (Fsp3) is 0.583. The quantitative estimate of drug-likeness (QED) is 0.914. The number of hydrogen-bond acceptors (Lipinski definition) is 4. The molecule has 1 fully saturated rings. The number of carbonyl (C=O) groups is 1. The maximum Gasteiger partial charge on any atom is 0.371 e. The Morgan fingerprint density at radius 3 is 2.79 bits per heavy atom. The zero-order valence-electron chi connectivity index (χ0n) is 10.7. The van der Waals surface area contributed by atoms with Crippen LogP contribution in [-0.2, 0) is 10.0 Å². The first-order valence-electron chi connectivity index (χ1n) is 6.31. The van der Waals surface area contributed by atoms with Crippen molar-refractivity contribution in [2.24, 2.45) is 0 Å². The van der Waals surface area contributed by atoms with Crippen molar-refractivity contribution in [2.75, 3.05) is 6.54 Å². The summed E-state index contributed by atoms with van der Waals surface area (Å²) in [5.74, 6) is -1.63. The largest absolute Gasteiger partial charge is 0.475 e. The Labute approximate surface area is 112 Å². The first-order chi connectivity index (χ1) is 8.96. The van der Waals surface area contributed by atoms with Crippen molar-refractivity contribution in [2.45, 2.75) is 43.7 Å². The number of carboxylic acids is 1. The molecular formula is C12H17NO5S. The van der Waals surface area contributed by atoms with Crippen LogP contribution < -0.4 is 0 Å². The molecule has 1 N–H and O–H groups in total. The number of sulfonamides is 1. The fourth-order valence-corrected chi connectivity index (χ4v) is 4.07. The molecule has 1 aromatic rings. The second-order valence-corrected chi connectivity index (χ2v) is 6.42. The summed E-state index contributed by atoms with van der Waals surface area (Å²) in [7, 11) is -3.73. The SMILES string of the molecule is CCC1CCCCN1S(=O)(=O)c1ccc(C(=O)O)o1. The number of aromatic carboxylic acids is 1. The first-order valence-corrected chi connectivity index (χ1v) is 7.75. The predicted octanol–water partition coefficient (Wildman–Crippen LogP) is 1.93. The van der Waals surface area contributed by atoms with Crippen molar-refractivity contribution in [3.63, 3.8) is 0 Å². The number of hydrogen-bond donors (Lipinski definition) is 1. The minimum absolute atomic E-state index is 0.0304. The van der Waals surface area contributed by atoms with Crippen LogP contribution in [-0.4, -0.2) is 36.4 Å². The molecule has 1 aromatic heterocycles. The van der Waals surface area contributed by atoms with Gasteiger partial charge in [0.05, 0.1) is 0 Å². The lowest BCUT2D eigenvalue weighted by atomic mass is 10.0. The van der Waals surface area contributed by atoms with Crippen LogP contribution in [0.4, 0.5) is 0 Å². The summed E-state index contributed by atoms with van der Waals surface area (Å²) >= 11 is 0. The molecule has 0 radical (unpaired) electrons. The highest BCUT2D eigenvalue weighted by atomic mass is 32.2. The van der Waals surface area contributed by atoms with Crippen LogP contribution in [0.2, 0.25) is 0 Å². The fourth-order valence-electron chi connectivity index (χ4n) is 2.39. The lowest BCUT2D eigenvalue weighted by molar-refractivity contribution is 0.0656. The number of furan rings is 1. The van der Waals surface area contributed by atoms with Gasteiger partial charge in [-0.25, -0.2) is 13.2 Å². The Hall–Kier alpha value is -1.34. The van der Waals surface area contributed by atoms with E-state index < -0.39 is 16.0 Å². The summed E-state index contributed by atoms with van der Waals surface area (Å²) < 4.78 is 31.2. The maximum atomic E-state index is 12.4. The van der Waals surface area contributed by atoms with Crippen LogP contribution in [0.25, 0.3) is 0 Å². The van der Waals surface area contributed by atoms with Gasteiger partial charge in [0.1, 0.15) is 0 Å². The highest BCUT2D eigenvalue weighted by Gasteiger charge is 2.34. The summed E-state index contributed by atoms with van der Waals surface area (Å²) in [4.78, 5) is 10.7. The Kier molecular flexibility index (Phi) is 3.96. The Balaban J connectivity index is 2.32. The average Bonchev–Trinajstić information content (AvgIpc) is 2.89. The van der Waals surface area contributed by atoms with Crippen molar-refractivity contribution in [3.05, 3.63) is 17.9 Å². The number of carboxylic acid groups (broad SMARTS) is 1. The van der Waals surface area contributed by atoms with E-state index >= 15 is 0 Å². The molecule has 0 spiro atoms. The number of rotatable bonds is 4. The van der Waals surface area contributed by atoms with Gasteiger partial charge in [-0.05, 0) is 31.4 Å². The molecular weight excluding hydrogens is 270 g/mol. The predicted molar refractivity (Wildman–Crippen MR) is 67.5 cm³/mol. The maximum absolute atomic E-state index is 12.4. The Bertz CT molecular complexity index is 562. The molecule has 1 unspecified atom stereocenters. The summed E-state index contributed by atoms with van der Waals surface area (Å²) in [5, 5.41) is 8.48. The minimum Gasteiger partial charge on any atom is -0.475 e. The van der Waals surface area contributed by atoms with Crippen molar-refractivity contribution < 1.29 is 22.7 Å². The molecule has 2 rings (SSSR count). The smallest absolute Gasteiger partial charge is 0.371 e. The Morgan fingerprint density at radius 2 is 2.21 bits per heavy atom. The lowest BCUT2D eigenvalue weighted by Gasteiger charge is -2.33. The van der Waals surface area contributed by atoms with E-state index in [-0.39, 0.29) is 16.9 Å². The van der Waals surface area contributed by atoms with Gasteiger partial charge in [0.2, 0.25) is 10.9 Å². The van der Waals surface area contributed by atoms with E-state index in [0.29, 0.717) is 6.54 Å². The zero-order chi connectivity index (χ0) is 14.0. The highest BCUT2D eigenvalue weighted by molar-refractivity contribution is 7.89. The molecule has 0 saturated carbocycles. The molecule has 1 aliphatic rings. The zero-order valence-corrected chi connectivity index (χ0v) is 11.5. The third-order valence-corrected chi connectivity index (χ3v) is 5.23. The van der Waals surface area contributed by atoms with Crippen LogP contribution in [0.5, 0.6) is 0 Å². The van der Waals surface area contributed by atoms with E-state index in [1.165, 1.54) is 16.4 Å². The van der Waals surface area contributed by atoms with Crippen molar-refractivity contribution >= 4 is 16.0 Å². The van der Waals surface area contributed by atoms with E-state index in [9.17, 15) is 13.2 Å². The van der Waals surface area contributed by atoms with E-state index in [1.807, 2.05) is 6.92 Å². The molecule has 6 nitrogen and oxygen atoms in total. The second-order valence-electron chi connectivity index (χ2n) is 4.60. The molecule has 1 aliphatic heterocycles. The normalized spacial score (nSPS) is 21.4. The number of nitrogens with zero attached hydrogens (tertiary/aromatic N) is 1. The van der Waals surface area contributed by atoms with E-state index in [0.717, 1.165) is 25.7 Å². The van der Waals surface area contributed by atoms with Crippen LogP contribution in [0, 0.1) is 0 Å². The lowest BCUT2D eigenvalue weighted by Crippen LogP contribution is -2.43. The van der Waals surface area contributed by atoms with E-state index in [1.54, 1.807) is 0 Å². The number of piperidine rings is 1. The van der Waals surface area contributed by atoms with Crippen LogP contribution in [0.15, 0.2) is 21.6 Å². The molecule has 0 amide bonds. The molecule has 7 heteroatoms. The van der Waals surface area contributed by atoms with Crippen LogP contribution in [0.3, 0.4) is 0 Å². The molecule has 2 heterocycles. The second kappa shape index (κ2) is 5.34. The topological polar surface area (TPSA) is 87.8 Å². The van der Waals surface area contributed by atoms with Crippen molar-refractivity contribution in [3.8, 4) is 0 Å². The van der Waals surface area contributed by atoms with Crippen LogP contribution in [0.1, 0.15) is 43.2 Å². The molecule has 0 aliphatic carbocycles. The third kappa shape index (κ3) is 2.66. The Morgan fingerprint density at radius 1 is 1.47 bits per heavy atom. The molecule has 1 saturated heterocycles. The molecule has 106 valence electrons. The first kappa shape index (κ1) is 14.1. The molecule has 19 heavy (non-hydrogen) atoms. The highest BCUT2D eigenvalue weighted by Crippen LogP contribution is 2.27. The van der Waals surface area contributed by atoms with Gasteiger partial charge >= 0.3 is 5.97 Å². The third-order valence-electron chi connectivity index (χ3n) is 3.40. The van der Waals surface area contributed by atoms with E-state index in [2.05, 4.69) is 0 Å². The van der Waals surface area contributed by atoms with Gasteiger partial charge in [-0.1, -0.05) is 13.3 Å². The van der Waals surface area contributed by atoms with Gasteiger partial charge < -0.3 is 9.52 Å². The summed E-state index contributed by atoms with van der Waals surface area (Å²) in [6.07, 6.45) is 3.42. The summed E-state index contributed by atoms with van der Waals surface area (Å²) in [5.41, 5.74) is 0. The van der Waals surface area contributed by atoms with Gasteiger partial charge in [-0.3, -0.25) is 0 Å². The average molecular weight is 287 g/mol. The standard InChI is InChI=1S/C12H17NO5S/c1-2-9-5-3-4-8-13(9)19(16,17)11-7-6-10(18-11)12(14)15/h6-7,9H,2-5,8H2,1H3,(H,14,15). The van der Waals surface area contributed by atoms with Gasteiger partial charge in [0.25, 0.3) is 10.0 Å². The summed E-state index contributed by atoms with van der Waals surface area (Å²) in [6.45, 7) is 2.41.